The van der Waals surface area contributed by atoms with Crippen molar-refractivity contribution >= 4 is 5.69 Å². The van der Waals surface area contributed by atoms with Gasteiger partial charge in [0.2, 0.25) is 0 Å². The van der Waals surface area contributed by atoms with Crippen molar-refractivity contribution in [3.05, 3.63) is 30.3 Å². The molecule has 0 radical (unpaired) electrons. The van der Waals surface area contributed by atoms with Gasteiger partial charge < -0.3 is 10.1 Å². The summed E-state index contributed by atoms with van der Waals surface area (Å²) in [5, 5.41) is 3.60. The molecule has 0 unspecified atom stereocenters. The van der Waals surface area contributed by atoms with Crippen LogP contribution < -0.4 is 5.32 Å². The zero-order valence-electron chi connectivity index (χ0n) is 10.9. The highest BCUT2D eigenvalue weighted by atomic mass is 16.5. The number of fused-ring (bicyclic) bond motifs is 5. The van der Waals surface area contributed by atoms with Crippen molar-refractivity contribution in [2.45, 2.75) is 32.4 Å². The number of nitrogens with one attached hydrogen (secondary N) is 1. The number of hydrogen-bond donors (Lipinski definition) is 1. The lowest BCUT2D eigenvalue weighted by molar-refractivity contribution is 0.0916. The van der Waals surface area contributed by atoms with Gasteiger partial charge in [-0.1, -0.05) is 25.1 Å². The summed E-state index contributed by atoms with van der Waals surface area (Å²) >= 11 is 0. The van der Waals surface area contributed by atoms with Crippen LogP contribution >= 0.6 is 0 Å². The van der Waals surface area contributed by atoms with Crippen molar-refractivity contribution in [1.82, 2.24) is 0 Å². The Balaban J connectivity index is 1.58. The summed E-state index contributed by atoms with van der Waals surface area (Å²) in [5.74, 6) is 2.52. The van der Waals surface area contributed by atoms with Gasteiger partial charge in [0.05, 0.1) is 6.61 Å². The molecule has 1 aromatic rings. The van der Waals surface area contributed by atoms with Crippen molar-refractivity contribution in [2.75, 3.05) is 11.9 Å². The van der Waals surface area contributed by atoms with Crippen LogP contribution in [0.15, 0.2) is 30.3 Å². The second kappa shape index (κ2) is 3.74. The average Bonchev–Trinajstić information content (AvgIpc) is 3.03. The molecule has 0 aromatic heterocycles. The first kappa shape index (κ1) is 10.9. The molecule has 1 aliphatic heterocycles. The maximum atomic E-state index is 6.10. The van der Waals surface area contributed by atoms with Gasteiger partial charge in [-0.3, -0.25) is 0 Å². The highest BCUT2D eigenvalue weighted by Gasteiger charge is 2.61. The molecule has 0 spiro atoms. The van der Waals surface area contributed by atoms with Crippen molar-refractivity contribution in [3.63, 3.8) is 0 Å². The van der Waals surface area contributed by atoms with Gasteiger partial charge in [0.15, 0.2) is 0 Å². The molecule has 5 atom stereocenters. The highest BCUT2D eigenvalue weighted by molar-refractivity contribution is 5.43. The number of anilines is 1. The van der Waals surface area contributed by atoms with E-state index in [0.717, 1.165) is 24.4 Å². The Morgan fingerprint density at radius 2 is 2.06 bits per heavy atom. The van der Waals surface area contributed by atoms with Gasteiger partial charge in [0.1, 0.15) is 6.23 Å². The van der Waals surface area contributed by atoms with Crippen LogP contribution in [0, 0.1) is 23.2 Å². The van der Waals surface area contributed by atoms with E-state index in [0.29, 0.717) is 5.41 Å². The van der Waals surface area contributed by atoms with Crippen LogP contribution in [-0.4, -0.2) is 12.8 Å². The maximum absolute atomic E-state index is 6.10. The molecule has 2 saturated carbocycles. The molecule has 18 heavy (non-hydrogen) atoms. The zero-order chi connectivity index (χ0) is 12.2. The van der Waals surface area contributed by atoms with Crippen LogP contribution in [0.3, 0.4) is 0 Å². The van der Waals surface area contributed by atoms with E-state index in [1.54, 1.807) is 0 Å². The Kier molecular flexibility index (Phi) is 2.25. The minimum atomic E-state index is 0.229. The third-order valence-corrected chi connectivity index (χ3v) is 5.66. The molecule has 1 N–H and O–H groups in total. The third-order valence-electron chi connectivity index (χ3n) is 5.66. The summed E-state index contributed by atoms with van der Waals surface area (Å²) in [6, 6.07) is 10.5. The van der Waals surface area contributed by atoms with Crippen LogP contribution in [0.1, 0.15) is 26.2 Å². The van der Waals surface area contributed by atoms with Crippen LogP contribution in [0.2, 0.25) is 0 Å². The first-order valence-corrected chi connectivity index (χ1v) is 7.20. The minimum Gasteiger partial charge on any atom is -0.360 e. The van der Waals surface area contributed by atoms with Crippen LogP contribution in [0.4, 0.5) is 5.69 Å². The largest absolute Gasteiger partial charge is 0.360 e. The lowest BCUT2D eigenvalue weighted by atomic mass is 9.68. The van der Waals surface area contributed by atoms with E-state index in [-0.39, 0.29) is 6.23 Å². The molecule has 4 rings (SSSR count). The fourth-order valence-corrected chi connectivity index (χ4v) is 4.76. The number of ether oxygens (including phenoxy) is 1. The van der Waals surface area contributed by atoms with Gasteiger partial charge in [0, 0.05) is 17.0 Å². The number of benzene rings is 1. The van der Waals surface area contributed by atoms with E-state index < -0.39 is 0 Å². The van der Waals surface area contributed by atoms with E-state index >= 15 is 0 Å². The quantitative estimate of drug-likeness (QED) is 0.858. The molecule has 96 valence electrons. The average molecular weight is 243 g/mol. The van der Waals surface area contributed by atoms with Crippen LogP contribution in [-0.2, 0) is 4.74 Å². The number of para-hydroxylation sites is 1. The topological polar surface area (TPSA) is 21.3 Å². The fraction of sp³-hybridized carbons (Fsp3) is 0.625. The highest BCUT2D eigenvalue weighted by Crippen LogP contribution is 2.63. The van der Waals surface area contributed by atoms with Crippen LogP contribution in [0.25, 0.3) is 0 Å². The summed E-state index contributed by atoms with van der Waals surface area (Å²) in [7, 11) is 0. The second-order valence-corrected chi connectivity index (χ2v) is 6.54. The predicted octanol–water partition coefficient (Wildman–Crippen LogP) is 3.51. The summed E-state index contributed by atoms with van der Waals surface area (Å²) < 4.78 is 6.10. The first-order valence-electron chi connectivity index (χ1n) is 7.20. The lowest BCUT2D eigenvalue weighted by Crippen LogP contribution is -2.37. The summed E-state index contributed by atoms with van der Waals surface area (Å²) in [5.41, 5.74) is 1.63. The normalized spacial score (nSPS) is 45.2. The molecule has 3 aliphatic rings. The molecule has 2 nitrogen and oxygen atoms in total. The standard InChI is InChI=1S/C16H21NO/c1-16-10-18-15(17-13-5-3-2-4-6-13)14(16)11-7-8-12(16)9-11/h2-6,11-12,14-15,17H,7-10H2,1H3/t11-,12+,14-,15+,16-/m0/s1. The van der Waals surface area contributed by atoms with Gasteiger partial charge >= 0.3 is 0 Å². The van der Waals surface area contributed by atoms with Crippen LogP contribution in [0.5, 0.6) is 0 Å². The molecule has 2 heteroatoms. The van der Waals surface area contributed by atoms with Gasteiger partial charge in [-0.05, 0) is 43.2 Å². The first-order chi connectivity index (χ1) is 8.77. The maximum Gasteiger partial charge on any atom is 0.131 e. The van der Waals surface area contributed by atoms with Gasteiger partial charge in [-0.25, -0.2) is 0 Å². The SMILES string of the molecule is C[C@@]12CO[C@@H](Nc3ccccc3)[C@@H]1[C@H]1CC[C@@H]2C1. The molecule has 1 heterocycles. The Hall–Kier alpha value is -1.02. The zero-order valence-corrected chi connectivity index (χ0v) is 10.9. The Labute approximate surface area is 109 Å². The number of rotatable bonds is 2. The monoisotopic (exact) mass is 243 g/mol. The molecule has 2 aliphatic carbocycles. The third kappa shape index (κ3) is 1.38. The molecule has 1 aromatic carbocycles. The Bertz CT molecular complexity index is 446. The van der Waals surface area contributed by atoms with Crippen molar-refractivity contribution in [1.29, 1.82) is 0 Å². The number of hydrogen-bond acceptors (Lipinski definition) is 2. The van der Waals surface area contributed by atoms with Crippen molar-refractivity contribution < 1.29 is 4.74 Å². The predicted molar refractivity (Wildman–Crippen MR) is 72.2 cm³/mol. The smallest absolute Gasteiger partial charge is 0.131 e. The second-order valence-electron chi connectivity index (χ2n) is 6.54. The molecule has 1 saturated heterocycles. The molecule has 2 bridgehead atoms. The summed E-state index contributed by atoms with van der Waals surface area (Å²) in [4.78, 5) is 0. The Morgan fingerprint density at radius 3 is 2.89 bits per heavy atom. The van der Waals surface area contributed by atoms with E-state index in [4.69, 9.17) is 4.74 Å². The van der Waals surface area contributed by atoms with E-state index in [2.05, 4.69) is 42.6 Å². The molecular formula is C16H21NO. The van der Waals surface area contributed by atoms with E-state index in [1.807, 2.05) is 0 Å². The molecular weight excluding hydrogens is 222 g/mol. The van der Waals surface area contributed by atoms with E-state index in [1.165, 1.54) is 24.9 Å². The van der Waals surface area contributed by atoms with Crippen molar-refractivity contribution in [3.8, 4) is 0 Å². The summed E-state index contributed by atoms with van der Waals surface area (Å²) in [6.45, 7) is 3.40. The molecule has 0 amide bonds. The van der Waals surface area contributed by atoms with E-state index in [9.17, 15) is 0 Å². The minimum absolute atomic E-state index is 0.229. The summed E-state index contributed by atoms with van der Waals surface area (Å²) in [6.07, 6.45) is 4.52. The van der Waals surface area contributed by atoms with Gasteiger partial charge in [-0.15, -0.1) is 0 Å². The molecule has 3 fully saturated rings. The fourth-order valence-electron chi connectivity index (χ4n) is 4.76. The Morgan fingerprint density at radius 1 is 1.22 bits per heavy atom. The van der Waals surface area contributed by atoms with Gasteiger partial charge in [0.25, 0.3) is 0 Å². The van der Waals surface area contributed by atoms with Gasteiger partial charge in [-0.2, -0.15) is 0 Å². The lowest BCUT2D eigenvalue weighted by Gasteiger charge is -2.35. The van der Waals surface area contributed by atoms with Crippen molar-refractivity contribution in [2.24, 2.45) is 23.2 Å².